The van der Waals surface area contributed by atoms with Crippen LogP contribution in [0.25, 0.3) is 11.2 Å². The number of nitrogen functional groups attached to an aromatic ring is 1. The highest BCUT2D eigenvalue weighted by Crippen LogP contribution is 2.60. The number of phosphoric ester groups is 1. The van der Waals surface area contributed by atoms with Crippen LogP contribution in [0.2, 0.25) is 0 Å². The number of hydrogen-bond donors (Lipinski definition) is 2. The quantitative estimate of drug-likeness (QED) is 0.310. The van der Waals surface area contributed by atoms with Gasteiger partial charge in [0.05, 0.1) is 31.6 Å². The van der Waals surface area contributed by atoms with Crippen molar-refractivity contribution in [2.24, 2.45) is 5.41 Å². The molecule has 0 saturated carbocycles. The zero-order valence-electron chi connectivity index (χ0n) is 18.2. The number of nitrogens with two attached hydrogens (primary N) is 1. The first-order valence-corrected chi connectivity index (χ1v) is 12.9. The van der Waals surface area contributed by atoms with Crippen LogP contribution in [-0.2, 0) is 27.7 Å². The molecule has 2 aromatic heterocycles. The van der Waals surface area contributed by atoms with Gasteiger partial charge in [-0.2, -0.15) is 0 Å². The van der Waals surface area contributed by atoms with Crippen molar-refractivity contribution in [1.82, 2.24) is 19.5 Å². The van der Waals surface area contributed by atoms with Gasteiger partial charge in [-0.1, -0.05) is 11.8 Å². The summed E-state index contributed by atoms with van der Waals surface area (Å²) in [7, 11) is -3.94. The lowest BCUT2D eigenvalue weighted by molar-refractivity contribution is -0.119. The van der Waals surface area contributed by atoms with Crippen molar-refractivity contribution < 1.29 is 32.8 Å². The third kappa shape index (κ3) is 4.65. The van der Waals surface area contributed by atoms with Crippen molar-refractivity contribution in [2.45, 2.75) is 44.1 Å². The Bertz CT molecular complexity index is 1100. The molecule has 3 N–H and O–H groups in total. The molecule has 0 bridgehead atoms. The molecule has 0 unspecified atom stereocenters. The number of rotatable bonds is 7. The first kappa shape index (κ1) is 24.8. The van der Waals surface area contributed by atoms with Crippen LogP contribution in [0.15, 0.2) is 12.7 Å². The second-order valence-electron chi connectivity index (χ2n) is 8.54. The maximum Gasteiger partial charge on any atom is 0.475 e. The molecule has 0 radical (unpaired) electrons. The van der Waals surface area contributed by atoms with E-state index in [2.05, 4.69) is 15.0 Å². The molecular formula is C18H25ClN5O7PS. The first-order valence-electron chi connectivity index (χ1n) is 10.1. The zero-order chi connectivity index (χ0) is 24.0. The highest BCUT2D eigenvalue weighted by Gasteiger charge is 2.60. The number of imidazole rings is 1. The standard InChI is InChI=1S/C18H25ClN5O7PS/c1-17(2,7-25)16(26)33-5-4-28-32(27)29-6-10-12(31-32)18(3,19)15(30-10)24-9-23-11-13(20)21-8-22-14(11)24/h8-10,12,15,25H,4-7H2,1-3H3,(H2,20,21,22)/t10-,12-,15-,18-,32-/m1/s1. The number of aliphatic hydroxyl groups is 1. The number of aliphatic hydroxyl groups excluding tert-OH is 1. The zero-order valence-corrected chi connectivity index (χ0v) is 20.7. The molecule has 4 heterocycles. The maximum absolute atomic E-state index is 13.0. The number of aromatic nitrogens is 4. The molecule has 0 amide bonds. The van der Waals surface area contributed by atoms with Gasteiger partial charge in [0, 0.05) is 5.75 Å². The molecule has 2 saturated heterocycles. The second kappa shape index (κ2) is 9.04. The minimum absolute atomic E-state index is 0.0573. The number of hydrogen-bond acceptors (Lipinski definition) is 12. The van der Waals surface area contributed by atoms with E-state index in [1.165, 1.54) is 12.7 Å². The minimum Gasteiger partial charge on any atom is -0.395 e. The summed E-state index contributed by atoms with van der Waals surface area (Å²) < 4.78 is 37.2. The van der Waals surface area contributed by atoms with Crippen LogP contribution in [0.5, 0.6) is 0 Å². The second-order valence-corrected chi connectivity index (χ2v) is 12.0. The predicted octanol–water partition coefficient (Wildman–Crippen LogP) is 2.12. The summed E-state index contributed by atoms with van der Waals surface area (Å²) in [5.41, 5.74) is 5.84. The van der Waals surface area contributed by atoms with Gasteiger partial charge in [-0.3, -0.25) is 22.9 Å². The smallest absolute Gasteiger partial charge is 0.395 e. The number of thioether (sulfide) groups is 1. The lowest BCUT2D eigenvalue weighted by atomic mass is 9.97. The average Bonchev–Trinajstić information content (AvgIpc) is 3.30. The molecule has 2 aliphatic rings. The first-order chi connectivity index (χ1) is 15.5. The fourth-order valence-electron chi connectivity index (χ4n) is 3.50. The predicted molar refractivity (Wildman–Crippen MR) is 121 cm³/mol. The number of carbonyl (C=O) groups is 1. The molecule has 15 heteroatoms. The Labute approximate surface area is 199 Å². The molecule has 4 rings (SSSR count). The van der Waals surface area contributed by atoms with Crippen molar-refractivity contribution >= 4 is 53.3 Å². The maximum atomic E-state index is 13.0. The number of nitrogens with zero attached hydrogens (tertiary/aromatic N) is 4. The van der Waals surface area contributed by atoms with E-state index in [4.69, 9.17) is 35.6 Å². The molecule has 182 valence electrons. The number of fused-ring (bicyclic) bond motifs is 2. The van der Waals surface area contributed by atoms with Crippen LogP contribution >= 0.6 is 31.2 Å². The van der Waals surface area contributed by atoms with Gasteiger partial charge >= 0.3 is 7.82 Å². The Balaban J connectivity index is 1.43. The molecular weight excluding hydrogens is 497 g/mol. The van der Waals surface area contributed by atoms with Crippen molar-refractivity contribution in [3.63, 3.8) is 0 Å². The van der Waals surface area contributed by atoms with Gasteiger partial charge in [0.15, 0.2) is 22.8 Å². The van der Waals surface area contributed by atoms with E-state index in [0.29, 0.717) is 11.2 Å². The van der Waals surface area contributed by atoms with Gasteiger partial charge in [0.25, 0.3) is 0 Å². The van der Waals surface area contributed by atoms with Crippen LogP contribution < -0.4 is 5.73 Å². The van der Waals surface area contributed by atoms with Gasteiger partial charge in [-0.25, -0.2) is 19.5 Å². The summed E-state index contributed by atoms with van der Waals surface area (Å²) in [4.78, 5) is 23.3. The van der Waals surface area contributed by atoms with Crippen molar-refractivity contribution in [1.29, 1.82) is 0 Å². The summed E-state index contributed by atoms with van der Waals surface area (Å²) in [6.45, 7) is 4.59. The summed E-state index contributed by atoms with van der Waals surface area (Å²) in [6, 6.07) is 0. The highest BCUT2D eigenvalue weighted by molar-refractivity contribution is 8.13. The normalized spacial score (nSPS) is 32.2. The molecule has 2 aliphatic heterocycles. The third-order valence-electron chi connectivity index (χ3n) is 5.47. The fraction of sp³-hybridized carbons (Fsp3) is 0.667. The van der Waals surface area contributed by atoms with Crippen molar-refractivity contribution in [3.8, 4) is 0 Å². The van der Waals surface area contributed by atoms with Crippen LogP contribution in [0.4, 0.5) is 5.82 Å². The highest BCUT2D eigenvalue weighted by atomic mass is 35.5. The number of carbonyl (C=O) groups excluding carboxylic acids is 1. The Hall–Kier alpha value is -1.31. The van der Waals surface area contributed by atoms with Gasteiger partial charge < -0.3 is 15.6 Å². The van der Waals surface area contributed by atoms with E-state index in [0.717, 1.165) is 11.8 Å². The van der Waals surface area contributed by atoms with E-state index in [-0.39, 0.29) is 36.5 Å². The molecule has 12 nitrogen and oxygen atoms in total. The SMILES string of the molecule is CC(C)(CO)C(=O)SCCO[P@]1(=O)OC[C@H]2O[C@@H](n3cnc4c(N)ncnc43)[C@](C)(Cl)[C@@H]2O1. The molecule has 0 aliphatic carbocycles. The molecule has 33 heavy (non-hydrogen) atoms. The molecule has 0 spiro atoms. The van der Waals surface area contributed by atoms with Crippen LogP contribution in [0.1, 0.15) is 27.0 Å². The van der Waals surface area contributed by atoms with Gasteiger partial charge in [-0.15, -0.1) is 11.6 Å². The molecule has 0 aromatic carbocycles. The van der Waals surface area contributed by atoms with Crippen LogP contribution in [-0.4, -0.2) is 72.4 Å². The number of ether oxygens (including phenoxy) is 1. The molecule has 2 fully saturated rings. The average molecular weight is 522 g/mol. The van der Waals surface area contributed by atoms with E-state index in [1.54, 1.807) is 25.3 Å². The van der Waals surface area contributed by atoms with Crippen molar-refractivity contribution in [2.75, 3.05) is 31.3 Å². The van der Waals surface area contributed by atoms with Gasteiger partial charge in [-0.05, 0) is 20.8 Å². The lowest BCUT2D eigenvalue weighted by Gasteiger charge is -2.34. The Morgan fingerprint density at radius 3 is 2.97 bits per heavy atom. The Kier molecular flexibility index (Phi) is 6.80. The summed E-state index contributed by atoms with van der Waals surface area (Å²) in [5, 5.41) is 9.07. The summed E-state index contributed by atoms with van der Waals surface area (Å²) >= 11 is 7.83. The summed E-state index contributed by atoms with van der Waals surface area (Å²) in [5.74, 6) is 0.439. The monoisotopic (exact) mass is 521 g/mol. The van der Waals surface area contributed by atoms with Crippen molar-refractivity contribution in [3.05, 3.63) is 12.7 Å². The third-order valence-corrected chi connectivity index (χ3v) is 8.51. The number of alkyl halides is 1. The van der Waals surface area contributed by atoms with Crippen LogP contribution in [0, 0.1) is 5.41 Å². The van der Waals surface area contributed by atoms with E-state index in [9.17, 15) is 14.5 Å². The van der Waals surface area contributed by atoms with Gasteiger partial charge in [0.1, 0.15) is 28.9 Å². The Morgan fingerprint density at radius 2 is 2.24 bits per heavy atom. The lowest BCUT2D eigenvalue weighted by Crippen LogP contribution is -2.44. The largest absolute Gasteiger partial charge is 0.475 e. The summed E-state index contributed by atoms with van der Waals surface area (Å²) in [6.07, 6.45) is 0.619. The fourth-order valence-corrected chi connectivity index (χ4v) is 6.30. The van der Waals surface area contributed by atoms with E-state index in [1.807, 2.05) is 0 Å². The topological polar surface area (TPSA) is 161 Å². The minimum atomic E-state index is -3.94. The Morgan fingerprint density at radius 1 is 1.48 bits per heavy atom. The number of halogens is 1. The van der Waals surface area contributed by atoms with Gasteiger partial charge in [0.2, 0.25) is 0 Å². The van der Waals surface area contributed by atoms with E-state index < -0.39 is 36.5 Å². The van der Waals surface area contributed by atoms with E-state index >= 15 is 0 Å². The van der Waals surface area contributed by atoms with Crippen LogP contribution in [0.3, 0.4) is 0 Å². The number of phosphoric acid groups is 1. The molecule has 5 atom stereocenters. The number of anilines is 1. The molecule has 2 aromatic rings.